The molecule has 13 heavy (non-hydrogen) atoms. The molecule has 4 N–H and O–H groups in total. The molecule has 0 saturated carbocycles. The minimum absolute atomic E-state index is 0.243. The molecule has 0 spiro atoms. The maximum Gasteiger partial charge on any atom is 0.221 e. The van der Waals surface area contributed by atoms with Crippen LogP contribution in [0.4, 0.5) is 0 Å². The highest BCUT2D eigenvalue weighted by atomic mass is 16.2. The van der Waals surface area contributed by atoms with Crippen LogP contribution in [0.1, 0.15) is 6.42 Å². The summed E-state index contributed by atoms with van der Waals surface area (Å²) in [5.41, 5.74) is 8.46. The second kappa shape index (κ2) is 7.05. The molecule has 1 aliphatic rings. The number of hydrogen-bond donors (Lipinski definition) is 3. The molecular formula is C8H13N3O2. The summed E-state index contributed by atoms with van der Waals surface area (Å²) in [5.74, 6) is -0.343. The van der Waals surface area contributed by atoms with Crippen molar-refractivity contribution < 1.29 is 9.90 Å². The van der Waals surface area contributed by atoms with Gasteiger partial charge in [-0.3, -0.25) is 10.2 Å². The number of nitrogens with one attached hydrogen (secondary N) is 1. The van der Waals surface area contributed by atoms with Gasteiger partial charge < -0.3 is 10.8 Å². The third-order valence-corrected chi connectivity index (χ3v) is 1.17. The summed E-state index contributed by atoms with van der Waals surface area (Å²) in [6.45, 7) is 0. The predicted octanol–water partition coefficient (Wildman–Crippen LogP) is -0.501. The number of amides is 1. The Morgan fingerprint density at radius 1 is 1.69 bits per heavy atom. The summed E-state index contributed by atoms with van der Waals surface area (Å²) >= 11 is 0. The molecule has 5 heteroatoms. The topological polar surface area (TPSA) is 87.7 Å². The fourth-order valence-corrected chi connectivity index (χ4v) is 0.732. The van der Waals surface area contributed by atoms with Gasteiger partial charge in [-0.2, -0.15) is 5.10 Å². The standard InChI is InChI=1S/C7H9N3O.CH4O/c8-7(11)4-6-2-1-3-9-10-5-6;1-2/h1-3,5,10H,4H2,(H2,8,11);2H,1H3. The fraction of sp³-hybridized carbons (Fsp3) is 0.250. The zero-order chi connectivity index (χ0) is 10.1. The molecule has 0 bridgehead atoms. The SMILES string of the molecule is CO.NC(=O)CC1=CNN=CC=C1. The van der Waals surface area contributed by atoms with Gasteiger partial charge in [-0.1, -0.05) is 6.08 Å². The van der Waals surface area contributed by atoms with Gasteiger partial charge in [-0.25, -0.2) is 0 Å². The van der Waals surface area contributed by atoms with Crippen LogP contribution >= 0.6 is 0 Å². The molecule has 72 valence electrons. The van der Waals surface area contributed by atoms with Crippen molar-refractivity contribution in [2.75, 3.05) is 7.11 Å². The number of rotatable bonds is 2. The van der Waals surface area contributed by atoms with Crippen molar-refractivity contribution in [2.24, 2.45) is 10.8 Å². The third-order valence-electron chi connectivity index (χ3n) is 1.17. The first-order chi connectivity index (χ1) is 6.29. The van der Waals surface area contributed by atoms with Gasteiger partial charge >= 0.3 is 0 Å². The number of nitrogens with two attached hydrogens (primary N) is 1. The van der Waals surface area contributed by atoms with E-state index in [1.165, 1.54) is 0 Å². The first-order valence-electron chi connectivity index (χ1n) is 3.66. The Hall–Kier alpha value is -1.62. The van der Waals surface area contributed by atoms with Crippen molar-refractivity contribution in [2.45, 2.75) is 6.42 Å². The van der Waals surface area contributed by atoms with E-state index < -0.39 is 0 Å². The van der Waals surface area contributed by atoms with Crippen LogP contribution in [0.15, 0.2) is 29.0 Å². The Labute approximate surface area is 76.6 Å². The largest absolute Gasteiger partial charge is 0.400 e. The summed E-state index contributed by atoms with van der Waals surface area (Å²) in [4.78, 5) is 10.5. The van der Waals surface area contributed by atoms with E-state index in [2.05, 4.69) is 10.5 Å². The number of hydrogen-bond acceptors (Lipinski definition) is 4. The minimum atomic E-state index is -0.343. The maximum atomic E-state index is 10.5. The van der Waals surface area contributed by atoms with Crippen LogP contribution in [0.3, 0.4) is 0 Å². The number of aliphatic hydroxyl groups excluding tert-OH is 1. The van der Waals surface area contributed by atoms with E-state index in [9.17, 15) is 4.79 Å². The lowest BCUT2D eigenvalue weighted by Crippen LogP contribution is -2.11. The lowest BCUT2D eigenvalue weighted by Gasteiger charge is -1.95. The van der Waals surface area contributed by atoms with Crippen LogP contribution < -0.4 is 11.2 Å². The second-order valence-corrected chi connectivity index (χ2v) is 2.13. The highest BCUT2D eigenvalue weighted by Crippen LogP contribution is 2.01. The predicted molar refractivity (Wildman–Crippen MR) is 50.8 cm³/mol. The first kappa shape index (κ1) is 11.4. The van der Waals surface area contributed by atoms with Crippen molar-refractivity contribution in [3.63, 3.8) is 0 Å². The van der Waals surface area contributed by atoms with Gasteiger partial charge in [0, 0.05) is 19.5 Å². The zero-order valence-corrected chi connectivity index (χ0v) is 7.40. The molecule has 5 nitrogen and oxygen atoms in total. The summed E-state index contributed by atoms with van der Waals surface area (Å²) in [6, 6.07) is 0. The number of primary amides is 1. The number of aliphatic hydroxyl groups is 1. The van der Waals surface area contributed by atoms with E-state index >= 15 is 0 Å². The van der Waals surface area contributed by atoms with Crippen LogP contribution in [0, 0.1) is 0 Å². The van der Waals surface area contributed by atoms with E-state index in [1.807, 2.05) is 0 Å². The molecule has 0 atom stereocenters. The van der Waals surface area contributed by atoms with Crippen molar-refractivity contribution in [3.8, 4) is 0 Å². The Balaban J connectivity index is 0.000000671. The van der Waals surface area contributed by atoms with Gasteiger partial charge in [0.1, 0.15) is 0 Å². The molecular weight excluding hydrogens is 170 g/mol. The van der Waals surface area contributed by atoms with Gasteiger partial charge in [0.25, 0.3) is 0 Å². The third kappa shape index (κ3) is 5.63. The smallest absolute Gasteiger partial charge is 0.221 e. The monoisotopic (exact) mass is 183 g/mol. The summed E-state index contributed by atoms with van der Waals surface area (Å²) in [6.07, 6.45) is 7.02. The van der Waals surface area contributed by atoms with Crippen molar-refractivity contribution in [3.05, 3.63) is 23.9 Å². The van der Waals surface area contributed by atoms with Crippen LogP contribution in [0.25, 0.3) is 0 Å². The fourth-order valence-electron chi connectivity index (χ4n) is 0.732. The molecule has 0 fully saturated rings. The zero-order valence-electron chi connectivity index (χ0n) is 7.40. The highest BCUT2D eigenvalue weighted by Gasteiger charge is 1.98. The van der Waals surface area contributed by atoms with E-state index in [0.717, 1.165) is 12.7 Å². The highest BCUT2D eigenvalue weighted by molar-refractivity contribution is 5.78. The van der Waals surface area contributed by atoms with Gasteiger partial charge in [-0.15, -0.1) is 0 Å². The number of hydrazone groups is 1. The Morgan fingerprint density at radius 3 is 3.00 bits per heavy atom. The maximum absolute atomic E-state index is 10.5. The lowest BCUT2D eigenvalue weighted by molar-refractivity contribution is -0.117. The van der Waals surface area contributed by atoms with Crippen LogP contribution in [0.5, 0.6) is 0 Å². The first-order valence-corrected chi connectivity index (χ1v) is 3.66. The molecule has 0 radical (unpaired) electrons. The number of carbonyl (C=O) groups is 1. The lowest BCUT2D eigenvalue weighted by atomic mass is 10.2. The number of nitrogens with zero attached hydrogens (tertiary/aromatic N) is 1. The van der Waals surface area contributed by atoms with Gasteiger partial charge in [0.15, 0.2) is 0 Å². The van der Waals surface area contributed by atoms with Crippen LogP contribution in [0.2, 0.25) is 0 Å². The minimum Gasteiger partial charge on any atom is -0.400 e. The van der Waals surface area contributed by atoms with Crippen LogP contribution in [-0.4, -0.2) is 24.3 Å². The quantitative estimate of drug-likeness (QED) is 0.539. The second-order valence-electron chi connectivity index (χ2n) is 2.13. The molecule has 1 heterocycles. The van der Waals surface area contributed by atoms with E-state index in [-0.39, 0.29) is 12.3 Å². The normalized spacial score (nSPS) is 13.2. The van der Waals surface area contributed by atoms with Crippen molar-refractivity contribution in [1.82, 2.24) is 5.43 Å². The molecule has 1 aliphatic heterocycles. The molecule has 0 aromatic rings. The molecule has 0 saturated heterocycles. The molecule has 1 rings (SSSR count). The van der Waals surface area contributed by atoms with E-state index in [1.54, 1.807) is 24.6 Å². The van der Waals surface area contributed by atoms with E-state index in [0.29, 0.717) is 0 Å². The number of carbonyl (C=O) groups excluding carboxylic acids is 1. The van der Waals surface area contributed by atoms with Crippen molar-refractivity contribution in [1.29, 1.82) is 0 Å². The van der Waals surface area contributed by atoms with Crippen LogP contribution in [-0.2, 0) is 4.79 Å². The Bertz CT molecular complexity index is 244. The van der Waals surface area contributed by atoms with Gasteiger partial charge in [0.2, 0.25) is 5.91 Å². The summed E-state index contributed by atoms with van der Waals surface area (Å²) in [7, 11) is 1.00. The van der Waals surface area contributed by atoms with Gasteiger partial charge in [-0.05, 0) is 11.6 Å². The summed E-state index contributed by atoms with van der Waals surface area (Å²) in [5, 5.41) is 10.7. The van der Waals surface area contributed by atoms with Gasteiger partial charge in [0.05, 0.1) is 6.42 Å². The van der Waals surface area contributed by atoms with E-state index in [4.69, 9.17) is 10.8 Å². The number of allylic oxidation sites excluding steroid dienone is 2. The molecule has 1 amide bonds. The Kier molecular flexibility index (Phi) is 6.17. The summed E-state index contributed by atoms with van der Waals surface area (Å²) < 4.78 is 0. The average molecular weight is 183 g/mol. The Morgan fingerprint density at radius 2 is 2.38 bits per heavy atom. The molecule has 0 aromatic carbocycles. The van der Waals surface area contributed by atoms with Crippen molar-refractivity contribution >= 4 is 12.1 Å². The molecule has 0 aliphatic carbocycles. The molecule has 0 unspecified atom stereocenters. The molecule has 0 aromatic heterocycles. The average Bonchev–Trinajstić information content (AvgIpc) is 2.36.